The van der Waals surface area contributed by atoms with Gasteiger partial charge in [0.15, 0.2) is 10.2 Å². The van der Waals surface area contributed by atoms with Crippen LogP contribution in [-0.4, -0.2) is 10.2 Å². The Morgan fingerprint density at radius 3 is 1.37 bits per heavy atom. The lowest BCUT2D eigenvalue weighted by atomic mass is 10.1. The molecule has 0 bridgehead atoms. The van der Waals surface area contributed by atoms with E-state index in [1.165, 1.54) is 11.1 Å². The van der Waals surface area contributed by atoms with Crippen LogP contribution >= 0.6 is 24.4 Å². The maximum Gasteiger partial charge on any atom is 0.171 e. The molecule has 0 aromatic heterocycles. The van der Waals surface area contributed by atoms with Crippen LogP contribution in [0.25, 0.3) is 0 Å². The van der Waals surface area contributed by atoms with E-state index in [0.717, 1.165) is 22.5 Å². The Kier molecular flexibility index (Phi) is 7.76. The minimum absolute atomic E-state index is 0.599. The van der Waals surface area contributed by atoms with E-state index in [9.17, 15) is 0 Å². The second kappa shape index (κ2) is 10.7. The summed E-state index contributed by atoms with van der Waals surface area (Å²) in [4.78, 5) is 0. The van der Waals surface area contributed by atoms with E-state index in [0.29, 0.717) is 23.3 Å². The zero-order chi connectivity index (χ0) is 21.3. The van der Waals surface area contributed by atoms with Gasteiger partial charge in [0.25, 0.3) is 0 Å². The molecule has 4 N–H and O–H groups in total. The normalized spacial score (nSPS) is 10.2. The molecule has 3 aromatic rings. The molecule has 154 valence electrons. The van der Waals surface area contributed by atoms with Crippen molar-refractivity contribution in [2.45, 2.75) is 26.9 Å². The van der Waals surface area contributed by atoms with Crippen LogP contribution in [0.15, 0.2) is 72.8 Å². The van der Waals surface area contributed by atoms with Gasteiger partial charge in [-0.25, -0.2) is 0 Å². The topological polar surface area (TPSA) is 48.1 Å². The number of rotatable bonds is 6. The van der Waals surface area contributed by atoms with E-state index in [2.05, 4.69) is 57.7 Å². The predicted octanol–water partition coefficient (Wildman–Crippen LogP) is 5.28. The van der Waals surface area contributed by atoms with Gasteiger partial charge in [0, 0.05) is 24.5 Å². The molecule has 0 heterocycles. The van der Waals surface area contributed by atoms with E-state index < -0.39 is 0 Å². The minimum atomic E-state index is 0.599. The Bertz CT molecular complexity index is 921. The zero-order valence-corrected chi connectivity index (χ0v) is 18.8. The van der Waals surface area contributed by atoms with Crippen molar-refractivity contribution in [2.24, 2.45) is 0 Å². The van der Waals surface area contributed by atoms with Gasteiger partial charge in [-0.15, -0.1) is 0 Å². The summed E-state index contributed by atoms with van der Waals surface area (Å²) in [6.45, 7) is 5.47. The fraction of sp³-hybridized carbons (Fsp3) is 0.167. The summed E-state index contributed by atoms with van der Waals surface area (Å²) in [6, 6.07) is 24.5. The molecule has 0 unspecified atom stereocenters. The van der Waals surface area contributed by atoms with Gasteiger partial charge in [0.1, 0.15) is 0 Å². The average molecular weight is 435 g/mol. The Labute approximate surface area is 189 Å². The molecule has 0 aliphatic rings. The Morgan fingerprint density at radius 1 is 0.633 bits per heavy atom. The average Bonchev–Trinajstić information content (AvgIpc) is 2.76. The molecule has 3 rings (SSSR count). The molecule has 30 heavy (non-hydrogen) atoms. The van der Waals surface area contributed by atoms with Gasteiger partial charge in [-0.1, -0.05) is 60.7 Å². The SMILES string of the molecule is Cc1cc(NC(=S)NCc2ccccc2)c(C)cc1NC(=S)NCc1ccccc1. The van der Waals surface area contributed by atoms with Gasteiger partial charge in [-0.2, -0.15) is 0 Å². The molecule has 0 spiro atoms. The Morgan fingerprint density at radius 2 is 1.00 bits per heavy atom. The van der Waals surface area contributed by atoms with E-state index in [1.807, 2.05) is 50.2 Å². The van der Waals surface area contributed by atoms with Gasteiger partial charge in [0.05, 0.1) is 0 Å². The van der Waals surface area contributed by atoms with Crippen LogP contribution in [0.2, 0.25) is 0 Å². The highest BCUT2D eigenvalue weighted by Crippen LogP contribution is 2.24. The molecule has 0 saturated heterocycles. The van der Waals surface area contributed by atoms with E-state index in [4.69, 9.17) is 24.4 Å². The molecule has 0 aliphatic heterocycles. The molecular weight excluding hydrogens is 408 g/mol. The van der Waals surface area contributed by atoms with Gasteiger partial charge in [0.2, 0.25) is 0 Å². The molecular formula is C24H26N4S2. The highest BCUT2D eigenvalue weighted by molar-refractivity contribution is 7.80. The summed E-state index contributed by atoms with van der Waals surface area (Å²) in [7, 11) is 0. The maximum atomic E-state index is 5.45. The van der Waals surface area contributed by atoms with Crippen LogP contribution in [0.5, 0.6) is 0 Å². The lowest BCUT2D eigenvalue weighted by molar-refractivity contribution is 0.925. The van der Waals surface area contributed by atoms with E-state index in [-0.39, 0.29) is 0 Å². The van der Waals surface area contributed by atoms with Crippen molar-refractivity contribution in [2.75, 3.05) is 10.6 Å². The molecule has 0 aliphatic carbocycles. The third-order valence-corrected chi connectivity index (χ3v) is 5.15. The van der Waals surface area contributed by atoms with Crippen molar-refractivity contribution in [3.05, 3.63) is 95.1 Å². The lowest BCUT2D eigenvalue weighted by Crippen LogP contribution is -2.29. The van der Waals surface area contributed by atoms with Crippen molar-refractivity contribution in [3.8, 4) is 0 Å². The third kappa shape index (κ3) is 6.54. The molecule has 4 nitrogen and oxygen atoms in total. The van der Waals surface area contributed by atoms with Crippen LogP contribution in [-0.2, 0) is 13.1 Å². The minimum Gasteiger partial charge on any atom is -0.358 e. The number of hydrogen-bond donors (Lipinski definition) is 4. The Hall–Kier alpha value is -2.96. The highest BCUT2D eigenvalue weighted by atomic mass is 32.1. The zero-order valence-electron chi connectivity index (χ0n) is 17.2. The maximum absolute atomic E-state index is 5.45. The first-order valence-electron chi connectivity index (χ1n) is 9.80. The van der Waals surface area contributed by atoms with E-state index >= 15 is 0 Å². The number of benzene rings is 3. The summed E-state index contributed by atoms with van der Waals surface area (Å²) >= 11 is 10.9. The summed E-state index contributed by atoms with van der Waals surface area (Å²) < 4.78 is 0. The predicted molar refractivity (Wildman–Crippen MR) is 135 cm³/mol. The van der Waals surface area contributed by atoms with Crippen LogP contribution in [0.3, 0.4) is 0 Å². The van der Waals surface area contributed by atoms with Crippen molar-refractivity contribution >= 4 is 46.0 Å². The van der Waals surface area contributed by atoms with Crippen LogP contribution in [0.1, 0.15) is 22.3 Å². The van der Waals surface area contributed by atoms with Crippen molar-refractivity contribution < 1.29 is 0 Å². The van der Waals surface area contributed by atoms with Crippen molar-refractivity contribution in [1.82, 2.24) is 10.6 Å². The monoisotopic (exact) mass is 434 g/mol. The number of hydrogen-bond acceptors (Lipinski definition) is 2. The first kappa shape index (κ1) is 21.7. The van der Waals surface area contributed by atoms with Gasteiger partial charge < -0.3 is 21.3 Å². The third-order valence-electron chi connectivity index (χ3n) is 4.66. The fourth-order valence-corrected chi connectivity index (χ4v) is 3.34. The summed E-state index contributed by atoms with van der Waals surface area (Å²) in [5.41, 5.74) is 6.49. The van der Waals surface area contributed by atoms with Crippen molar-refractivity contribution in [1.29, 1.82) is 0 Å². The first-order chi connectivity index (χ1) is 14.5. The second-order valence-electron chi connectivity index (χ2n) is 7.07. The summed E-state index contributed by atoms with van der Waals surface area (Å²) in [5, 5.41) is 14.3. The molecule has 3 aromatic carbocycles. The smallest absolute Gasteiger partial charge is 0.171 e. The summed E-state index contributed by atoms with van der Waals surface area (Å²) in [6.07, 6.45) is 0. The summed E-state index contributed by atoms with van der Waals surface area (Å²) in [5.74, 6) is 0. The highest BCUT2D eigenvalue weighted by Gasteiger charge is 2.08. The molecule has 0 radical (unpaired) electrons. The Balaban J connectivity index is 1.55. The molecule has 0 atom stereocenters. The largest absolute Gasteiger partial charge is 0.358 e. The second-order valence-corrected chi connectivity index (χ2v) is 7.89. The first-order valence-corrected chi connectivity index (χ1v) is 10.6. The quantitative estimate of drug-likeness (QED) is 0.396. The molecule has 0 amide bonds. The molecule has 0 saturated carbocycles. The van der Waals surface area contributed by atoms with Gasteiger partial charge in [-0.3, -0.25) is 0 Å². The van der Waals surface area contributed by atoms with Gasteiger partial charge >= 0.3 is 0 Å². The lowest BCUT2D eigenvalue weighted by Gasteiger charge is -2.17. The van der Waals surface area contributed by atoms with Crippen LogP contribution in [0.4, 0.5) is 11.4 Å². The number of aryl methyl sites for hydroxylation is 2. The number of nitrogens with one attached hydrogen (secondary N) is 4. The van der Waals surface area contributed by atoms with E-state index in [1.54, 1.807) is 0 Å². The van der Waals surface area contributed by atoms with Crippen molar-refractivity contribution in [3.63, 3.8) is 0 Å². The number of anilines is 2. The molecule has 0 fully saturated rings. The van der Waals surface area contributed by atoms with Gasteiger partial charge in [-0.05, 0) is 72.7 Å². The fourth-order valence-electron chi connectivity index (χ4n) is 2.97. The van der Waals surface area contributed by atoms with Crippen LogP contribution < -0.4 is 21.3 Å². The number of thiocarbonyl (C=S) groups is 2. The molecule has 6 heteroatoms. The standard InChI is InChI=1S/C24H26N4S2/c1-17-13-22(28-24(30)26-16-20-11-7-4-8-12-20)18(2)14-21(17)27-23(29)25-15-19-9-5-3-6-10-19/h3-14H,15-16H2,1-2H3,(H2,25,27,29)(H2,26,28,30). The van der Waals surface area contributed by atoms with Crippen LogP contribution in [0, 0.1) is 13.8 Å².